The second kappa shape index (κ2) is 7.68. The Hall–Kier alpha value is -1.55. The zero-order valence-corrected chi connectivity index (χ0v) is 10.4. The highest BCUT2D eigenvalue weighted by Crippen LogP contribution is 2.12. The van der Waals surface area contributed by atoms with Gasteiger partial charge in [-0.25, -0.2) is 4.79 Å². The van der Waals surface area contributed by atoms with Crippen molar-refractivity contribution in [3.63, 3.8) is 0 Å². The third kappa shape index (κ3) is 5.36. The van der Waals surface area contributed by atoms with Crippen molar-refractivity contribution in [3.05, 3.63) is 29.8 Å². The van der Waals surface area contributed by atoms with Gasteiger partial charge in [-0.05, 0) is 25.5 Å². The standard InChI is InChI=1S/C13H19NO3/c1-3-17-13(15)10-16-9-8-14-12-7-5-4-6-11(12)2/h4-7,14H,3,8-10H2,1-2H3. The number of hydrogen-bond acceptors (Lipinski definition) is 4. The van der Waals surface area contributed by atoms with Gasteiger partial charge in [0.05, 0.1) is 13.2 Å². The Balaban J connectivity index is 2.13. The molecule has 0 saturated heterocycles. The molecule has 0 aromatic heterocycles. The molecule has 0 spiro atoms. The maximum absolute atomic E-state index is 11.0. The van der Waals surface area contributed by atoms with E-state index < -0.39 is 0 Å². The second-order valence-electron chi connectivity index (χ2n) is 3.60. The number of carbonyl (C=O) groups excluding carboxylic acids is 1. The summed E-state index contributed by atoms with van der Waals surface area (Å²) in [5.74, 6) is -0.316. The summed E-state index contributed by atoms with van der Waals surface area (Å²) in [6.07, 6.45) is 0. The van der Waals surface area contributed by atoms with Gasteiger partial charge in [0.15, 0.2) is 0 Å². The maximum atomic E-state index is 11.0. The van der Waals surface area contributed by atoms with Gasteiger partial charge in [0.2, 0.25) is 0 Å². The molecule has 0 amide bonds. The van der Waals surface area contributed by atoms with Crippen molar-refractivity contribution in [1.82, 2.24) is 0 Å². The van der Waals surface area contributed by atoms with Gasteiger partial charge in [-0.3, -0.25) is 0 Å². The van der Waals surface area contributed by atoms with E-state index in [-0.39, 0.29) is 12.6 Å². The van der Waals surface area contributed by atoms with Crippen LogP contribution in [0, 0.1) is 6.92 Å². The predicted molar refractivity (Wildman–Crippen MR) is 67.1 cm³/mol. The number of esters is 1. The topological polar surface area (TPSA) is 47.6 Å². The number of carbonyl (C=O) groups is 1. The van der Waals surface area contributed by atoms with Gasteiger partial charge in [0.25, 0.3) is 0 Å². The van der Waals surface area contributed by atoms with Crippen LogP contribution >= 0.6 is 0 Å². The Morgan fingerprint density at radius 3 is 2.82 bits per heavy atom. The fourth-order valence-corrected chi connectivity index (χ4v) is 1.39. The van der Waals surface area contributed by atoms with Crippen LogP contribution in [-0.2, 0) is 14.3 Å². The van der Waals surface area contributed by atoms with Crippen molar-refractivity contribution >= 4 is 11.7 Å². The van der Waals surface area contributed by atoms with Crippen molar-refractivity contribution in [2.24, 2.45) is 0 Å². The lowest BCUT2D eigenvalue weighted by atomic mass is 10.2. The Morgan fingerprint density at radius 1 is 1.35 bits per heavy atom. The molecule has 0 aliphatic rings. The molecule has 0 fully saturated rings. The van der Waals surface area contributed by atoms with Gasteiger partial charge in [-0.15, -0.1) is 0 Å². The van der Waals surface area contributed by atoms with Gasteiger partial charge in [0, 0.05) is 12.2 Å². The number of aryl methyl sites for hydroxylation is 1. The highest BCUT2D eigenvalue weighted by atomic mass is 16.6. The lowest BCUT2D eigenvalue weighted by Gasteiger charge is -2.09. The molecule has 4 nitrogen and oxygen atoms in total. The number of rotatable bonds is 7. The average Bonchev–Trinajstić information content (AvgIpc) is 2.31. The van der Waals surface area contributed by atoms with Gasteiger partial charge >= 0.3 is 5.97 Å². The largest absolute Gasteiger partial charge is 0.464 e. The molecule has 1 aromatic rings. The minimum atomic E-state index is -0.316. The summed E-state index contributed by atoms with van der Waals surface area (Å²) in [7, 11) is 0. The molecule has 0 saturated carbocycles. The molecule has 4 heteroatoms. The van der Waals surface area contributed by atoms with Crippen molar-refractivity contribution in [2.45, 2.75) is 13.8 Å². The van der Waals surface area contributed by atoms with Crippen molar-refractivity contribution in [1.29, 1.82) is 0 Å². The predicted octanol–water partition coefficient (Wildman–Crippen LogP) is 1.99. The Bertz CT molecular complexity index is 352. The molecule has 0 radical (unpaired) electrons. The minimum absolute atomic E-state index is 0.0172. The maximum Gasteiger partial charge on any atom is 0.332 e. The fraction of sp³-hybridized carbons (Fsp3) is 0.462. The molecule has 0 bridgehead atoms. The third-order valence-electron chi connectivity index (χ3n) is 2.23. The van der Waals surface area contributed by atoms with E-state index >= 15 is 0 Å². The van der Waals surface area contributed by atoms with Gasteiger partial charge in [-0.1, -0.05) is 18.2 Å². The fourth-order valence-electron chi connectivity index (χ4n) is 1.39. The first kappa shape index (κ1) is 13.5. The van der Waals surface area contributed by atoms with E-state index in [0.717, 1.165) is 5.69 Å². The number of anilines is 1. The van der Waals surface area contributed by atoms with Crippen molar-refractivity contribution in [2.75, 3.05) is 31.7 Å². The van der Waals surface area contributed by atoms with Crippen LogP contribution < -0.4 is 5.32 Å². The van der Waals surface area contributed by atoms with Crippen LogP contribution in [0.15, 0.2) is 24.3 Å². The highest BCUT2D eigenvalue weighted by molar-refractivity contribution is 5.70. The van der Waals surface area contributed by atoms with E-state index in [1.807, 2.05) is 31.2 Å². The quantitative estimate of drug-likeness (QED) is 0.582. The molecule has 1 N–H and O–H groups in total. The zero-order valence-electron chi connectivity index (χ0n) is 10.4. The van der Waals surface area contributed by atoms with Gasteiger partial charge in [0.1, 0.15) is 6.61 Å². The summed E-state index contributed by atoms with van der Waals surface area (Å²) in [5, 5.41) is 3.24. The summed E-state index contributed by atoms with van der Waals surface area (Å²) < 4.78 is 9.91. The van der Waals surface area contributed by atoms with Crippen LogP contribution in [0.3, 0.4) is 0 Å². The highest BCUT2D eigenvalue weighted by Gasteiger charge is 2.00. The van der Waals surface area contributed by atoms with E-state index in [1.165, 1.54) is 5.56 Å². The summed E-state index contributed by atoms with van der Waals surface area (Å²) in [5.41, 5.74) is 2.28. The number of ether oxygens (including phenoxy) is 2. The Kier molecular flexibility index (Phi) is 6.10. The zero-order chi connectivity index (χ0) is 12.5. The van der Waals surface area contributed by atoms with Crippen molar-refractivity contribution < 1.29 is 14.3 Å². The molecular weight excluding hydrogens is 218 g/mol. The Labute approximate surface area is 102 Å². The first-order chi connectivity index (χ1) is 8.24. The minimum Gasteiger partial charge on any atom is -0.464 e. The summed E-state index contributed by atoms with van der Waals surface area (Å²) in [6, 6.07) is 8.04. The SMILES string of the molecule is CCOC(=O)COCCNc1ccccc1C. The molecule has 1 aromatic carbocycles. The molecular formula is C13H19NO3. The normalized spacial score (nSPS) is 10.0. The van der Waals surface area contributed by atoms with Crippen LogP contribution in [0.2, 0.25) is 0 Å². The Morgan fingerprint density at radius 2 is 2.12 bits per heavy atom. The first-order valence-corrected chi connectivity index (χ1v) is 5.77. The molecule has 0 atom stereocenters. The van der Waals surface area contributed by atoms with Crippen LogP contribution in [0.1, 0.15) is 12.5 Å². The number of para-hydroxylation sites is 1. The summed E-state index contributed by atoms with van der Waals surface area (Å²) in [6.45, 7) is 5.38. The van der Waals surface area contributed by atoms with E-state index in [0.29, 0.717) is 19.8 Å². The van der Waals surface area contributed by atoms with Crippen LogP contribution in [0.25, 0.3) is 0 Å². The third-order valence-corrected chi connectivity index (χ3v) is 2.23. The lowest BCUT2D eigenvalue weighted by molar-refractivity contribution is -0.148. The monoisotopic (exact) mass is 237 g/mol. The molecule has 0 aliphatic carbocycles. The second-order valence-corrected chi connectivity index (χ2v) is 3.60. The first-order valence-electron chi connectivity index (χ1n) is 5.77. The van der Waals surface area contributed by atoms with Crippen molar-refractivity contribution in [3.8, 4) is 0 Å². The van der Waals surface area contributed by atoms with E-state index in [4.69, 9.17) is 9.47 Å². The lowest BCUT2D eigenvalue weighted by Crippen LogP contribution is -2.16. The van der Waals surface area contributed by atoms with E-state index in [2.05, 4.69) is 5.32 Å². The average molecular weight is 237 g/mol. The molecule has 0 unspecified atom stereocenters. The molecule has 1 rings (SSSR count). The summed E-state index contributed by atoms with van der Waals surface area (Å²) >= 11 is 0. The molecule has 17 heavy (non-hydrogen) atoms. The van der Waals surface area contributed by atoms with Crippen LogP contribution in [-0.4, -0.2) is 32.3 Å². The molecule has 0 aliphatic heterocycles. The molecule has 0 heterocycles. The van der Waals surface area contributed by atoms with E-state index in [9.17, 15) is 4.79 Å². The van der Waals surface area contributed by atoms with Crippen LogP contribution in [0.5, 0.6) is 0 Å². The van der Waals surface area contributed by atoms with Gasteiger partial charge < -0.3 is 14.8 Å². The number of nitrogens with one attached hydrogen (secondary N) is 1. The molecule has 94 valence electrons. The van der Waals surface area contributed by atoms with Crippen LogP contribution in [0.4, 0.5) is 5.69 Å². The summed E-state index contributed by atoms with van der Waals surface area (Å²) in [4.78, 5) is 11.0. The van der Waals surface area contributed by atoms with Gasteiger partial charge in [-0.2, -0.15) is 0 Å². The number of hydrogen-bond donors (Lipinski definition) is 1. The smallest absolute Gasteiger partial charge is 0.332 e. The van der Waals surface area contributed by atoms with E-state index in [1.54, 1.807) is 6.92 Å². The number of benzene rings is 1.